The van der Waals surface area contributed by atoms with Crippen molar-refractivity contribution in [3.05, 3.63) is 121 Å². The third kappa shape index (κ3) is 12.4. The zero-order valence-corrected chi connectivity index (χ0v) is 41.9. The first kappa shape index (κ1) is 53.0. The minimum Gasteiger partial charge on any atom is -0.469 e. The van der Waals surface area contributed by atoms with Gasteiger partial charge in [-0.1, -0.05) is 24.3 Å². The molecule has 4 aromatic heterocycles. The molecule has 17 nitrogen and oxygen atoms in total. The van der Waals surface area contributed by atoms with Crippen LogP contribution in [0.4, 0.5) is 20.4 Å². The summed E-state index contributed by atoms with van der Waals surface area (Å²) >= 11 is 0. The Labute approximate surface area is 428 Å². The molecule has 6 aromatic rings. The highest BCUT2D eigenvalue weighted by atomic mass is 19.1. The number of aromatic nitrogens is 4. The molecule has 0 radical (unpaired) electrons. The van der Waals surface area contributed by atoms with E-state index in [-0.39, 0.29) is 29.8 Å². The lowest BCUT2D eigenvalue weighted by atomic mass is 9.89. The van der Waals surface area contributed by atoms with Gasteiger partial charge in [0.2, 0.25) is 0 Å². The van der Waals surface area contributed by atoms with Crippen LogP contribution in [0.3, 0.4) is 0 Å². The molecule has 2 aromatic carbocycles. The van der Waals surface area contributed by atoms with Crippen molar-refractivity contribution in [3.8, 4) is 44.5 Å². The lowest BCUT2D eigenvalue weighted by Crippen LogP contribution is -2.39. The zero-order valence-electron chi connectivity index (χ0n) is 41.9. The Balaban J connectivity index is 0.000000197. The highest BCUT2D eigenvalue weighted by molar-refractivity contribution is 6.15. The van der Waals surface area contributed by atoms with E-state index in [4.69, 9.17) is 23.7 Å². The van der Waals surface area contributed by atoms with Crippen molar-refractivity contribution in [1.82, 2.24) is 28.9 Å². The molecule has 0 saturated carbocycles. The van der Waals surface area contributed by atoms with Crippen LogP contribution < -0.4 is 10.6 Å². The average Bonchev–Trinajstić information content (AvgIpc) is 3.95. The number of ether oxygens (including phenoxy) is 5. The molecule has 390 valence electrons. The van der Waals surface area contributed by atoms with Crippen molar-refractivity contribution in [1.29, 1.82) is 0 Å². The first-order chi connectivity index (χ1) is 36.1. The van der Waals surface area contributed by atoms with Crippen molar-refractivity contribution in [2.24, 2.45) is 5.92 Å². The second-order valence-electron chi connectivity index (χ2n) is 17.8. The van der Waals surface area contributed by atoms with Gasteiger partial charge in [-0.05, 0) is 83.6 Å². The summed E-state index contributed by atoms with van der Waals surface area (Å²) in [6.45, 7) is 10.0. The maximum absolute atomic E-state index is 13.9. The van der Waals surface area contributed by atoms with Gasteiger partial charge in [0.05, 0.1) is 53.5 Å². The highest BCUT2D eigenvalue weighted by Crippen LogP contribution is 2.47. The summed E-state index contributed by atoms with van der Waals surface area (Å²) in [5.41, 5.74) is 6.75. The van der Waals surface area contributed by atoms with E-state index in [9.17, 15) is 28.0 Å². The van der Waals surface area contributed by atoms with Gasteiger partial charge in [0.15, 0.2) is 5.78 Å². The molecule has 0 bridgehead atoms. The van der Waals surface area contributed by atoms with Gasteiger partial charge in [0.1, 0.15) is 34.9 Å². The number of benzene rings is 2. The van der Waals surface area contributed by atoms with Crippen molar-refractivity contribution >= 4 is 35.3 Å². The molecule has 74 heavy (non-hydrogen) atoms. The van der Waals surface area contributed by atoms with E-state index >= 15 is 0 Å². The van der Waals surface area contributed by atoms with Crippen LogP contribution in [0.2, 0.25) is 0 Å². The van der Waals surface area contributed by atoms with Crippen LogP contribution in [-0.2, 0) is 46.4 Å². The van der Waals surface area contributed by atoms with Gasteiger partial charge in [-0.25, -0.2) is 13.6 Å². The number of fused-ring (bicyclic) bond motifs is 1. The number of carbonyl (C=O) groups is 4. The van der Waals surface area contributed by atoms with E-state index < -0.39 is 17.9 Å². The number of halogens is 2. The molecular weight excluding hydrogens is 955 g/mol. The molecule has 0 amide bonds. The van der Waals surface area contributed by atoms with Crippen LogP contribution in [0.5, 0.6) is 0 Å². The number of nitrogens with one attached hydrogen (secondary N) is 2. The Bertz CT molecular complexity index is 2850. The van der Waals surface area contributed by atoms with Gasteiger partial charge in [-0.2, -0.15) is 0 Å². The normalized spacial score (nSPS) is 15.9. The lowest BCUT2D eigenvalue weighted by Gasteiger charge is -2.27. The van der Waals surface area contributed by atoms with E-state index in [0.717, 1.165) is 80.6 Å². The maximum atomic E-state index is 13.9. The molecule has 3 aliphatic heterocycles. The Morgan fingerprint density at radius 1 is 0.608 bits per heavy atom. The Kier molecular flexibility index (Phi) is 18.3. The predicted molar refractivity (Wildman–Crippen MR) is 275 cm³/mol. The van der Waals surface area contributed by atoms with E-state index in [1.165, 1.54) is 45.6 Å². The molecule has 7 heterocycles. The number of morpholine rings is 2. The molecule has 9 rings (SSSR count). The number of hydrogen-bond acceptors (Lipinski definition) is 15. The molecule has 2 fully saturated rings. The fourth-order valence-electron chi connectivity index (χ4n) is 9.73. The zero-order chi connectivity index (χ0) is 52.0. The topological polar surface area (TPSA) is 181 Å². The van der Waals surface area contributed by atoms with Gasteiger partial charge < -0.3 is 43.5 Å². The Hall–Kier alpha value is -7.32. The minimum absolute atomic E-state index is 0.193. The first-order valence-corrected chi connectivity index (χ1v) is 24.8. The summed E-state index contributed by atoms with van der Waals surface area (Å²) < 4.78 is 57.4. The fourth-order valence-corrected chi connectivity index (χ4v) is 9.73. The SMILES string of the molecule is COC(=O)C1CCn2c(NCCN3CCOCC3)c(-c3ccncc3)c(-c3ccc(F)cc3)c2C1=O.COC(=O)CCCn1c(NCCN2CCOCC2)c(-c2ccncc2)c(-c2ccc(F)cc2)c1C(=O)OC. The standard InChI is InChI=1S/C28H33FN4O5.C27H29FN4O4/c1-36-23(34)4-3-14-33-26(28(35)37-2)24(20-5-7-22(29)8-6-20)25(21-9-11-30-12-10-21)27(33)31-13-15-32-16-18-38-19-17-32;1-35-27(34)21-8-12-32-24(25(21)33)22(18-2-4-20(28)5-3-18)23(19-6-9-29-10-7-19)26(32)30-11-13-31-14-16-36-17-15-31/h5-12,31H,3-4,13-19H2,1-2H3;2-7,9-10,21,30H,8,11-17H2,1H3. The van der Waals surface area contributed by atoms with E-state index in [2.05, 4.69) is 30.4 Å². The largest absolute Gasteiger partial charge is 0.469 e. The highest BCUT2D eigenvalue weighted by Gasteiger charge is 2.40. The van der Waals surface area contributed by atoms with Gasteiger partial charge in [0, 0.05) is 119 Å². The molecule has 19 heteroatoms. The molecule has 1 unspecified atom stereocenters. The van der Waals surface area contributed by atoms with Crippen LogP contribution in [0.25, 0.3) is 44.5 Å². The summed E-state index contributed by atoms with van der Waals surface area (Å²) in [6.07, 6.45) is 7.78. The third-order valence-corrected chi connectivity index (χ3v) is 13.4. The van der Waals surface area contributed by atoms with E-state index in [1.807, 2.05) is 33.4 Å². The number of ketones is 1. The predicted octanol–water partition coefficient (Wildman–Crippen LogP) is 7.32. The smallest absolute Gasteiger partial charge is 0.355 e. The fraction of sp³-hybridized carbons (Fsp3) is 0.382. The number of nitrogens with zero attached hydrogens (tertiary/aromatic N) is 6. The number of anilines is 2. The van der Waals surface area contributed by atoms with Gasteiger partial charge in [0.25, 0.3) is 0 Å². The summed E-state index contributed by atoms with van der Waals surface area (Å²) in [6, 6.07) is 19.7. The van der Waals surface area contributed by atoms with Crippen LogP contribution in [0.1, 0.15) is 40.2 Å². The minimum atomic E-state index is -0.872. The second-order valence-corrected chi connectivity index (χ2v) is 17.8. The second kappa shape index (κ2) is 25.6. The van der Waals surface area contributed by atoms with Crippen LogP contribution in [-0.4, -0.2) is 153 Å². The molecule has 0 aliphatic carbocycles. The number of Topliss-reactive ketones (excluding diaryl/α,β-unsaturated/α-hetero) is 1. The van der Waals surface area contributed by atoms with Gasteiger partial charge >= 0.3 is 17.9 Å². The third-order valence-electron chi connectivity index (χ3n) is 13.4. The molecule has 3 aliphatic rings. The molecular formula is C55H62F2N8O9. The maximum Gasteiger partial charge on any atom is 0.355 e. The lowest BCUT2D eigenvalue weighted by molar-refractivity contribution is -0.144. The van der Waals surface area contributed by atoms with Crippen molar-refractivity contribution in [3.63, 3.8) is 0 Å². The molecule has 2 N–H and O–H groups in total. The van der Waals surface area contributed by atoms with E-state index in [1.54, 1.807) is 49.1 Å². The Morgan fingerprint density at radius 3 is 1.59 bits per heavy atom. The van der Waals surface area contributed by atoms with Crippen molar-refractivity contribution in [2.45, 2.75) is 32.4 Å². The summed E-state index contributed by atoms with van der Waals surface area (Å²) in [7, 11) is 3.98. The van der Waals surface area contributed by atoms with Gasteiger partial charge in [-0.3, -0.25) is 34.2 Å². The number of esters is 3. The summed E-state index contributed by atoms with van der Waals surface area (Å²) in [4.78, 5) is 64.3. The quantitative estimate of drug-likeness (QED) is 0.0497. The molecule has 0 spiro atoms. The van der Waals surface area contributed by atoms with Gasteiger partial charge in [-0.15, -0.1) is 0 Å². The van der Waals surface area contributed by atoms with Crippen LogP contribution in [0.15, 0.2) is 97.6 Å². The Morgan fingerprint density at radius 2 is 1.09 bits per heavy atom. The first-order valence-electron chi connectivity index (χ1n) is 24.8. The summed E-state index contributed by atoms with van der Waals surface area (Å²) in [5.74, 6) is -1.77. The van der Waals surface area contributed by atoms with Crippen LogP contribution in [0, 0.1) is 17.6 Å². The average molecular weight is 1020 g/mol. The number of methoxy groups -OCH3 is 3. The number of hydrogen-bond donors (Lipinski definition) is 2. The number of carbonyl (C=O) groups excluding carboxylic acids is 4. The number of rotatable bonds is 18. The molecule has 1 atom stereocenters. The monoisotopic (exact) mass is 1020 g/mol. The number of pyridine rings is 2. The van der Waals surface area contributed by atoms with E-state index in [0.29, 0.717) is 91.7 Å². The molecule has 2 saturated heterocycles. The van der Waals surface area contributed by atoms with Crippen molar-refractivity contribution < 1.29 is 51.6 Å². The van der Waals surface area contributed by atoms with Crippen LogP contribution >= 0.6 is 0 Å². The summed E-state index contributed by atoms with van der Waals surface area (Å²) in [5, 5.41) is 7.15. The van der Waals surface area contributed by atoms with Crippen molar-refractivity contribution in [2.75, 3.05) is 111 Å².